The lowest BCUT2D eigenvalue weighted by molar-refractivity contribution is -0.378. The fourth-order valence-electron chi connectivity index (χ4n) is 16.4. The van der Waals surface area contributed by atoms with Crippen LogP contribution in [0.2, 0.25) is 0 Å². The van der Waals surface area contributed by atoms with Crippen molar-refractivity contribution < 1.29 is 129 Å². The molecule has 26 heteroatoms. The number of aliphatic hydroxyl groups is 14. The third kappa shape index (κ3) is 12.1. The van der Waals surface area contributed by atoms with Gasteiger partial charge in [-0.25, -0.2) is 0 Å². The molecule has 0 aromatic heterocycles. The zero-order chi connectivity index (χ0) is 60.5. The van der Waals surface area contributed by atoms with Gasteiger partial charge in [0.2, 0.25) is 0 Å². The Hall–Kier alpha value is -2.20. The number of carboxylic acids is 1. The normalized spacial score (nSPS) is 50.0. The number of fused-ring (bicyclic) bond motifs is 5. The van der Waals surface area contributed by atoms with E-state index in [1.165, 1.54) is 0 Å². The molecule has 4 saturated heterocycles. The number of carboxylic acid groups (broad SMARTS) is 1. The Morgan fingerprint density at radius 2 is 1.18 bits per heavy atom. The molecule has 4 heterocycles. The summed E-state index contributed by atoms with van der Waals surface area (Å²) in [4.78, 5) is 23.0. The molecule has 30 atom stereocenters. The average molecular weight is 1180 g/mol. The summed E-state index contributed by atoms with van der Waals surface area (Å²) in [7, 11) is 0. The number of hydrogen-bond donors (Lipinski definition) is 15. The minimum absolute atomic E-state index is 0.00863. The van der Waals surface area contributed by atoms with E-state index in [1.54, 1.807) is 0 Å². The molecule has 472 valence electrons. The van der Waals surface area contributed by atoms with Gasteiger partial charge in [0, 0.05) is 0 Å². The zero-order valence-electron chi connectivity index (χ0n) is 48.0. The van der Waals surface area contributed by atoms with E-state index >= 15 is 0 Å². The standard InChI is InChI=1S/C56H92O26/c1-23(2)10-9-14-56(8,82-50-45(72)39(66)37(64)28(78-50)22-75-48-43(70)40(67)42(69)47(73)81-48)24-11-16-55(7)34(24)25(58)18-30-53(5)15-13-31(52(3,4)29(53)12-17-54(30,55)6)79-51-46(41(68)35(62)26(20-57)76-51)80-49-44(71)38(65)36(63)27(77-49)21-74-33(61)19-32(59)60/h10,24-31,34-51,57-58,62-73H,9,11-22H2,1-8H3,(H,59,60). The highest BCUT2D eigenvalue weighted by molar-refractivity contribution is 5.90. The average Bonchev–Trinajstić information content (AvgIpc) is 1.26. The van der Waals surface area contributed by atoms with Gasteiger partial charge in [-0.05, 0) is 124 Å². The topological polar surface area (TPSA) is 421 Å². The van der Waals surface area contributed by atoms with Crippen molar-refractivity contribution in [1.29, 1.82) is 0 Å². The lowest BCUT2D eigenvalue weighted by Crippen LogP contribution is -2.68. The Kier molecular flexibility index (Phi) is 20.1. The molecule has 8 aliphatic rings. The molecule has 8 rings (SSSR count). The molecule has 30 unspecified atom stereocenters. The summed E-state index contributed by atoms with van der Waals surface area (Å²) in [5, 5.41) is 162. The van der Waals surface area contributed by atoms with E-state index in [0.29, 0.717) is 38.5 Å². The molecule has 4 aliphatic heterocycles. The molecule has 82 heavy (non-hydrogen) atoms. The number of aliphatic carboxylic acids is 1. The van der Waals surface area contributed by atoms with Crippen molar-refractivity contribution >= 4 is 11.9 Å². The van der Waals surface area contributed by atoms with E-state index < -0.39 is 190 Å². The molecule has 0 spiro atoms. The lowest BCUT2D eigenvalue weighted by Gasteiger charge is -2.71. The highest BCUT2D eigenvalue weighted by Crippen LogP contribution is 2.76. The van der Waals surface area contributed by atoms with Crippen LogP contribution in [0.25, 0.3) is 0 Å². The number of hydrogen-bond acceptors (Lipinski definition) is 25. The summed E-state index contributed by atoms with van der Waals surface area (Å²) in [5.41, 5.74) is -1.85. The highest BCUT2D eigenvalue weighted by Gasteiger charge is 2.72. The number of ether oxygens (including phenoxy) is 9. The van der Waals surface area contributed by atoms with Gasteiger partial charge in [-0.3, -0.25) is 9.59 Å². The van der Waals surface area contributed by atoms with Crippen LogP contribution in [0.1, 0.15) is 120 Å². The van der Waals surface area contributed by atoms with Gasteiger partial charge in [-0.15, -0.1) is 0 Å². The Balaban J connectivity index is 0.998. The second kappa shape index (κ2) is 25.1. The monoisotopic (exact) mass is 1180 g/mol. The maximum atomic E-state index is 12.9. The maximum Gasteiger partial charge on any atom is 0.317 e. The first-order chi connectivity index (χ1) is 38.3. The van der Waals surface area contributed by atoms with Gasteiger partial charge >= 0.3 is 11.9 Å². The number of carbonyl (C=O) groups is 2. The first-order valence-corrected chi connectivity index (χ1v) is 28.9. The Bertz CT molecular complexity index is 2220. The van der Waals surface area contributed by atoms with Gasteiger partial charge in [-0.1, -0.05) is 46.3 Å². The lowest BCUT2D eigenvalue weighted by atomic mass is 9.35. The van der Waals surface area contributed by atoms with Crippen LogP contribution in [0.15, 0.2) is 11.6 Å². The number of carbonyl (C=O) groups excluding carboxylic acids is 1. The minimum Gasteiger partial charge on any atom is -0.481 e. The molecule has 15 N–H and O–H groups in total. The largest absolute Gasteiger partial charge is 0.481 e. The van der Waals surface area contributed by atoms with Crippen molar-refractivity contribution in [3.8, 4) is 0 Å². The third-order valence-corrected chi connectivity index (χ3v) is 21.1. The predicted octanol–water partition coefficient (Wildman–Crippen LogP) is -2.22. The highest BCUT2D eigenvalue weighted by atomic mass is 16.8. The van der Waals surface area contributed by atoms with Crippen LogP contribution >= 0.6 is 0 Å². The van der Waals surface area contributed by atoms with Crippen molar-refractivity contribution in [2.24, 2.45) is 45.3 Å². The fraction of sp³-hybridized carbons (Fsp3) is 0.929. The maximum absolute atomic E-state index is 12.9. The smallest absolute Gasteiger partial charge is 0.317 e. The Morgan fingerprint density at radius 1 is 0.610 bits per heavy atom. The molecule has 4 saturated carbocycles. The van der Waals surface area contributed by atoms with Crippen LogP contribution in [0, 0.1) is 45.3 Å². The summed E-state index contributed by atoms with van der Waals surface area (Å²) in [6, 6.07) is 0. The van der Waals surface area contributed by atoms with Gasteiger partial charge in [0.15, 0.2) is 31.5 Å². The first-order valence-electron chi connectivity index (χ1n) is 28.9. The second-order valence-corrected chi connectivity index (χ2v) is 26.5. The van der Waals surface area contributed by atoms with Crippen molar-refractivity contribution in [2.45, 2.75) is 260 Å². The molecule has 0 aromatic rings. The van der Waals surface area contributed by atoms with Crippen LogP contribution < -0.4 is 0 Å². The Morgan fingerprint density at radius 3 is 1.82 bits per heavy atom. The quantitative estimate of drug-likeness (QED) is 0.0299. The molecule has 0 aromatic carbocycles. The van der Waals surface area contributed by atoms with E-state index in [1.807, 2.05) is 20.8 Å². The van der Waals surface area contributed by atoms with Crippen LogP contribution in [0.5, 0.6) is 0 Å². The number of esters is 1. The molecular formula is C56H92O26. The predicted molar refractivity (Wildman–Crippen MR) is 277 cm³/mol. The number of rotatable bonds is 18. The molecule has 8 fully saturated rings. The summed E-state index contributed by atoms with van der Waals surface area (Å²) >= 11 is 0. The molecule has 26 nitrogen and oxygen atoms in total. The summed E-state index contributed by atoms with van der Waals surface area (Å²) in [5.74, 6) is -3.28. The van der Waals surface area contributed by atoms with Gasteiger partial charge < -0.3 is 119 Å². The first kappa shape index (κ1) is 65.8. The van der Waals surface area contributed by atoms with Crippen LogP contribution in [-0.2, 0) is 52.2 Å². The molecule has 0 amide bonds. The van der Waals surface area contributed by atoms with Crippen molar-refractivity contribution in [2.75, 3.05) is 19.8 Å². The fourth-order valence-corrected chi connectivity index (χ4v) is 16.4. The second-order valence-electron chi connectivity index (χ2n) is 26.5. The van der Waals surface area contributed by atoms with Crippen LogP contribution in [0.4, 0.5) is 0 Å². The van der Waals surface area contributed by atoms with E-state index in [0.717, 1.165) is 24.8 Å². The molecular weight excluding hydrogens is 1090 g/mol. The van der Waals surface area contributed by atoms with Gasteiger partial charge in [0.25, 0.3) is 0 Å². The number of aliphatic hydroxyl groups excluding tert-OH is 14. The van der Waals surface area contributed by atoms with E-state index in [9.17, 15) is 81.1 Å². The van der Waals surface area contributed by atoms with Crippen molar-refractivity contribution in [3.05, 3.63) is 11.6 Å². The van der Waals surface area contributed by atoms with Gasteiger partial charge in [0.1, 0.15) is 105 Å². The minimum atomic E-state index is -1.95. The summed E-state index contributed by atoms with van der Waals surface area (Å²) in [6.07, 6.45) is -29.3. The Labute approximate surface area is 476 Å². The zero-order valence-corrected chi connectivity index (χ0v) is 48.0. The van der Waals surface area contributed by atoms with E-state index in [4.69, 9.17) is 47.7 Å². The van der Waals surface area contributed by atoms with Crippen LogP contribution in [-0.4, -0.2) is 249 Å². The summed E-state index contributed by atoms with van der Waals surface area (Å²) in [6.45, 7) is 14.9. The van der Waals surface area contributed by atoms with Gasteiger partial charge in [0.05, 0.1) is 31.0 Å². The number of allylic oxidation sites excluding steroid dienone is 2. The van der Waals surface area contributed by atoms with Gasteiger partial charge in [-0.2, -0.15) is 0 Å². The SMILES string of the molecule is CC(C)=CCCC(C)(OC1OC(COC2OC(O)C(O)C(O)C2O)C(O)C(O)C1O)C1CCC2(C)C1C(O)CC1C3(C)CCC(OC4OC(CO)C(O)C(O)C4OC4OC(COC(=O)CC(=O)O)C(O)C(O)C4O)C(C)(C)C3CCC12C. The molecule has 0 bridgehead atoms. The molecule has 0 radical (unpaired) electrons. The van der Waals surface area contributed by atoms with E-state index in [2.05, 4.69) is 40.7 Å². The summed E-state index contributed by atoms with van der Waals surface area (Å²) < 4.78 is 53.5. The van der Waals surface area contributed by atoms with Crippen molar-refractivity contribution in [1.82, 2.24) is 0 Å². The van der Waals surface area contributed by atoms with E-state index in [-0.39, 0.29) is 34.5 Å². The molecule has 4 aliphatic carbocycles. The van der Waals surface area contributed by atoms with Crippen LogP contribution in [0.3, 0.4) is 0 Å². The van der Waals surface area contributed by atoms with Crippen molar-refractivity contribution in [3.63, 3.8) is 0 Å². The third-order valence-electron chi connectivity index (χ3n) is 21.1.